The molecule has 0 unspecified atom stereocenters. The van der Waals surface area contributed by atoms with Gasteiger partial charge in [-0.05, 0) is 119 Å². The molecular formula is C38H28Cl2F4O2S. The van der Waals surface area contributed by atoms with Gasteiger partial charge in [-0.25, -0.2) is 26.0 Å². The lowest BCUT2D eigenvalue weighted by atomic mass is 9.93. The van der Waals surface area contributed by atoms with Crippen LogP contribution >= 0.6 is 23.2 Å². The van der Waals surface area contributed by atoms with E-state index in [0.717, 1.165) is 57.7 Å². The Kier molecular flexibility index (Phi) is 9.09. The van der Waals surface area contributed by atoms with Gasteiger partial charge in [0.1, 0.15) is 23.3 Å². The first-order chi connectivity index (χ1) is 22.3. The third-order valence-corrected chi connectivity index (χ3v) is 10.7. The fraction of sp³-hybridized carbons (Fsp3) is 0.158. The molecule has 0 atom stereocenters. The number of aryl methyl sites for hydroxylation is 2. The molecule has 0 radical (unpaired) electrons. The Labute approximate surface area is 281 Å². The van der Waals surface area contributed by atoms with Gasteiger partial charge in [0.15, 0.2) is 9.84 Å². The van der Waals surface area contributed by atoms with Crippen LogP contribution in [0.3, 0.4) is 0 Å². The number of hydrogen-bond donors (Lipinski definition) is 0. The highest BCUT2D eigenvalue weighted by molar-refractivity contribution is 7.89. The fourth-order valence-electron chi connectivity index (χ4n) is 5.93. The van der Waals surface area contributed by atoms with Gasteiger partial charge < -0.3 is 0 Å². The summed E-state index contributed by atoms with van der Waals surface area (Å²) >= 11 is 12.6. The van der Waals surface area contributed by atoms with Crippen molar-refractivity contribution in [3.05, 3.63) is 163 Å². The maximum atomic E-state index is 15.3. The van der Waals surface area contributed by atoms with Crippen molar-refractivity contribution in [1.29, 1.82) is 0 Å². The van der Waals surface area contributed by atoms with E-state index in [9.17, 15) is 8.42 Å². The van der Waals surface area contributed by atoms with Crippen LogP contribution in [0.25, 0.3) is 22.3 Å². The summed E-state index contributed by atoms with van der Waals surface area (Å²) in [6.07, 6.45) is 8.55. The summed E-state index contributed by atoms with van der Waals surface area (Å²) in [5.74, 6) is -6.44. The maximum Gasteiger partial charge on any atom is 0.159 e. The van der Waals surface area contributed by atoms with Crippen molar-refractivity contribution < 1.29 is 26.0 Å². The van der Waals surface area contributed by atoms with Gasteiger partial charge >= 0.3 is 0 Å². The highest BCUT2D eigenvalue weighted by Crippen LogP contribution is 2.40. The van der Waals surface area contributed by atoms with Crippen molar-refractivity contribution in [1.82, 2.24) is 0 Å². The quantitative estimate of drug-likeness (QED) is 0.172. The molecule has 0 fully saturated rings. The van der Waals surface area contributed by atoms with Crippen LogP contribution in [-0.4, -0.2) is 8.42 Å². The van der Waals surface area contributed by atoms with Gasteiger partial charge in [-0.15, -0.1) is 0 Å². The van der Waals surface area contributed by atoms with E-state index < -0.39 is 55.7 Å². The molecule has 0 spiro atoms. The predicted molar refractivity (Wildman–Crippen MR) is 183 cm³/mol. The molecule has 0 amide bonds. The molecule has 4 aromatic rings. The lowest BCUT2D eigenvalue weighted by Gasteiger charge is -2.15. The molecule has 0 saturated heterocycles. The first-order valence-corrected chi connectivity index (χ1v) is 17.4. The monoisotopic (exact) mass is 694 g/mol. The second-order valence-corrected chi connectivity index (χ2v) is 14.6. The van der Waals surface area contributed by atoms with E-state index in [1.54, 1.807) is 12.1 Å². The van der Waals surface area contributed by atoms with Crippen LogP contribution < -0.4 is 0 Å². The van der Waals surface area contributed by atoms with Crippen LogP contribution in [0.5, 0.6) is 0 Å². The first kappa shape index (κ1) is 33.0. The molecule has 2 aliphatic carbocycles. The third-order valence-electron chi connectivity index (χ3n) is 8.47. The average Bonchev–Trinajstić information content (AvgIpc) is 3.70. The Morgan fingerprint density at radius 2 is 0.851 bits per heavy atom. The van der Waals surface area contributed by atoms with Gasteiger partial charge in [0.25, 0.3) is 0 Å². The fourth-order valence-corrected chi connectivity index (χ4v) is 7.82. The summed E-state index contributed by atoms with van der Waals surface area (Å²) in [6, 6.07) is 15.3. The molecule has 2 aliphatic rings. The van der Waals surface area contributed by atoms with E-state index in [1.807, 2.05) is 62.4 Å². The number of halogens is 6. The van der Waals surface area contributed by atoms with Gasteiger partial charge in [-0.2, -0.15) is 0 Å². The van der Waals surface area contributed by atoms with Gasteiger partial charge in [0, 0.05) is 21.2 Å². The summed E-state index contributed by atoms with van der Waals surface area (Å²) in [5, 5.41) is 1.11. The molecule has 0 bridgehead atoms. The van der Waals surface area contributed by atoms with E-state index in [-0.39, 0.29) is 11.1 Å². The SMILES string of the molecule is Cc1ccc(C2=CCC=C2c2cc(F)c(CS(=O)(=O)Cc3c(F)cc(C4=CCC=C4c4ccc(C)c(Cl)c4)cc3F)c(F)c2)cc1Cl. The second kappa shape index (κ2) is 12.9. The number of sulfone groups is 1. The summed E-state index contributed by atoms with van der Waals surface area (Å²) in [7, 11) is -4.41. The van der Waals surface area contributed by atoms with Crippen LogP contribution in [0.4, 0.5) is 17.6 Å². The predicted octanol–water partition coefficient (Wildman–Crippen LogP) is 11.0. The number of rotatable bonds is 8. The third kappa shape index (κ3) is 6.75. The molecule has 2 nitrogen and oxygen atoms in total. The molecule has 9 heteroatoms. The smallest absolute Gasteiger partial charge is 0.159 e. The standard InChI is InChI=1S/C38H28Cl2F4O2S/c1-21-9-11-23(13-33(21)39)27-5-3-7-29(27)25-15-35(41)31(36(42)16-25)19-47(45,46)20-32-37(43)17-26(18-38(32)44)30-8-4-6-28(30)24-12-10-22(2)34(40)14-24/h5-18H,3-4,19-20H2,1-2H3. The minimum atomic E-state index is -4.41. The van der Waals surface area contributed by atoms with Crippen molar-refractivity contribution in [2.24, 2.45) is 0 Å². The van der Waals surface area contributed by atoms with Gasteiger partial charge in [0.2, 0.25) is 0 Å². The van der Waals surface area contributed by atoms with Gasteiger partial charge in [0.05, 0.1) is 11.5 Å². The van der Waals surface area contributed by atoms with Crippen molar-refractivity contribution in [3.63, 3.8) is 0 Å². The molecule has 4 aromatic carbocycles. The Hall–Kier alpha value is -3.91. The normalized spacial score (nSPS) is 14.6. The molecule has 0 aliphatic heterocycles. The van der Waals surface area contributed by atoms with Crippen molar-refractivity contribution in [2.45, 2.75) is 38.2 Å². The summed E-state index contributed by atoms with van der Waals surface area (Å²) < 4.78 is 87.6. The number of allylic oxidation sites excluding steroid dienone is 8. The summed E-state index contributed by atoms with van der Waals surface area (Å²) in [5.41, 5.74) is 5.08. The number of benzene rings is 4. The minimum Gasteiger partial charge on any atom is -0.228 e. The lowest BCUT2D eigenvalue weighted by molar-refractivity contribution is 0.547. The maximum absolute atomic E-state index is 15.3. The molecule has 240 valence electrons. The topological polar surface area (TPSA) is 34.1 Å². The largest absolute Gasteiger partial charge is 0.228 e. The van der Waals surface area contributed by atoms with E-state index in [1.165, 1.54) is 0 Å². The van der Waals surface area contributed by atoms with Crippen LogP contribution in [-0.2, 0) is 21.3 Å². The van der Waals surface area contributed by atoms with E-state index in [0.29, 0.717) is 34.0 Å². The lowest BCUT2D eigenvalue weighted by Crippen LogP contribution is -2.13. The minimum absolute atomic E-state index is 0.233. The summed E-state index contributed by atoms with van der Waals surface area (Å²) in [6.45, 7) is 3.73. The molecule has 0 N–H and O–H groups in total. The first-order valence-electron chi connectivity index (χ1n) is 14.8. The zero-order chi connectivity index (χ0) is 33.6. The molecule has 6 rings (SSSR count). The Bertz CT molecular complexity index is 2000. The summed E-state index contributed by atoms with van der Waals surface area (Å²) in [4.78, 5) is 0. The Morgan fingerprint density at radius 3 is 1.17 bits per heavy atom. The van der Waals surface area contributed by atoms with Crippen LogP contribution in [0.1, 0.15) is 57.3 Å². The molecule has 0 aromatic heterocycles. The van der Waals surface area contributed by atoms with E-state index >= 15 is 17.6 Å². The van der Waals surface area contributed by atoms with Crippen LogP contribution in [0.2, 0.25) is 10.0 Å². The molecule has 0 saturated carbocycles. The molecule has 0 heterocycles. The van der Waals surface area contributed by atoms with Gasteiger partial charge in [-0.1, -0.05) is 71.8 Å². The van der Waals surface area contributed by atoms with Crippen molar-refractivity contribution in [3.8, 4) is 0 Å². The number of hydrogen-bond acceptors (Lipinski definition) is 2. The van der Waals surface area contributed by atoms with E-state index in [2.05, 4.69) is 0 Å². The Morgan fingerprint density at radius 1 is 0.532 bits per heavy atom. The van der Waals surface area contributed by atoms with Crippen molar-refractivity contribution in [2.75, 3.05) is 0 Å². The molecule has 47 heavy (non-hydrogen) atoms. The second-order valence-electron chi connectivity index (χ2n) is 11.7. The highest BCUT2D eigenvalue weighted by atomic mass is 35.5. The Balaban J connectivity index is 1.22. The zero-order valence-corrected chi connectivity index (χ0v) is 27.7. The average molecular weight is 696 g/mol. The van der Waals surface area contributed by atoms with E-state index in [4.69, 9.17) is 23.2 Å². The van der Waals surface area contributed by atoms with Crippen LogP contribution in [0, 0.1) is 37.1 Å². The highest BCUT2D eigenvalue weighted by Gasteiger charge is 2.26. The zero-order valence-electron chi connectivity index (χ0n) is 25.4. The van der Waals surface area contributed by atoms with Crippen molar-refractivity contribution >= 4 is 55.3 Å². The van der Waals surface area contributed by atoms with Gasteiger partial charge in [-0.3, -0.25) is 0 Å². The van der Waals surface area contributed by atoms with Crippen LogP contribution in [0.15, 0.2) is 85.0 Å². The molecular weight excluding hydrogens is 667 g/mol.